The Labute approximate surface area is 113 Å². The molecule has 0 saturated heterocycles. The molecule has 98 valence electrons. The summed E-state index contributed by atoms with van der Waals surface area (Å²) < 4.78 is 10.5. The quantitative estimate of drug-likeness (QED) is 0.899. The summed E-state index contributed by atoms with van der Waals surface area (Å²) >= 11 is 1.42. The summed E-state index contributed by atoms with van der Waals surface area (Å²) in [4.78, 5) is 11.7. The maximum absolute atomic E-state index is 10.8. The predicted molar refractivity (Wildman–Crippen MR) is 71.2 cm³/mol. The molecule has 1 aliphatic heterocycles. The summed E-state index contributed by atoms with van der Waals surface area (Å²) in [5.74, 6) is 0.572. The summed E-state index contributed by atoms with van der Waals surface area (Å²) in [7, 11) is 0. The first kappa shape index (κ1) is 11.9. The Morgan fingerprint density at radius 2 is 2.16 bits per heavy atom. The maximum atomic E-state index is 10.8. The lowest BCUT2D eigenvalue weighted by Gasteiger charge is -2.05. The molecule has 5 nitrogen and oxygen atoms in total. The molecule has 2 aromatic rings. The first-order valence-corrected chi connectivity index (χ1v) is 6.54. The molecule has 0 unspecified atom stereocenters. The van der Waals surface area contributed by atoms with Gasteiger partial charge in [-0.3, -0.25) is 0 Å². The van der Waals surface area contributed by atoms with Crippen molar-refractivity contribution in [1.29, 1.82) is 0 Å². The minimum atomic E-state index is -0.898. The first-order chi connectivity index (χ1) is 9.22. The smallest absolute Gasteiger partial charge is 0.336 e. The number of hydrogen-bond donors (Lipinski definition) is 2. The molecule has 2 N–H and O–H groups in total. The highest BCUT2D eigenvalue weighted by molar-refractivity contribution is 7.10. The van der Waals surface area contributed by atoms with E-state index in [1.54, 1.807) is 11.4 Å². The van der Waals surface area contributed by atoms with Crippen molar-refractivity contribution in [2.24, 2.45) is 0 Å². The molecule has 0 fully saturated rings. The number of thiophene rings is 1. The summed E-state index contributed by atoms with van der Waals surface area (Å²) in [6, 6.07) is 7.29. The van der Waals surface area contributed by atoms with Crippen molar-refractivity contribution >= 4 is 23.0 Å². The summed E-state index contributed by atoms with van der Waals surface area (Å²) in [5.41, 5.74) is 1.24. The normalized spacial score (nSPS) is 12.4. The Hall–Kier alpha value is -2.21. The number of benzene rings is 1. The van der Waals surface area contributed by atoms with Crippen molar-refractivity contribution in [3.8, 4) is 11.5 Å². The van der Waals surface area contributed by atoms with Gasteiger partial charge in [0, 0.05) is 28.6 Å². The van der Waals surface area contributed by atoms with Gasteiger partial charge < -0.3 is 19.9 Å². The fourth-order valence-corrected chi connectivity index (χ4v) is 2.58. The second-order valence-corrected chi connectivity index (χ2v) is 5.02. The van der Waals surface area contributed by atoms with Crippen molar-refractivity contribution in [2.45, 2.75) is 6.54 Å². The van der Waals surface area contributed by atoms with Gasteiger partial charge in [-0.15, -0.1) is 11.3 Å². The third-order valence-electron chi connectivity index (χ3n) is 2.74. The third kappa shape index (κ3) is 2.48. The minimum absolute atomic E-state index is 0.256. The molecule has 3 rings (SSSR count). The maximum Gasteiger partial charge on any atom is 0.336 e. The second-order valence-electron chi connectivity index (χ2n) is 4.03. The van der Waals surface area contributed by atoms with E-state index in [1.165, 1.54) is 11.3 Å². The number of carboxylic acid groups (broad SMARTS) is 1. The van der Waals surface area contributed by atoms with Crippen LogP contribution in [0.3, 0.4) is 0 Å². The lowest BCUT2D eigenvalue weighted by Crippen LogP contribution is -1.98. The SMILES string of the molecule is O=C(O)c1csc(CNc2ccc3c(c2)OCO3)c1. The van der Waals surface area contributed by atoms with Gasteiger partial charge in [0.05, 0.1) is 5.56 Å². The lowest BCUT2D eigenvalue weighted by atomic mass is 10.2. The van der Waals surface area contributed by atoms with Crippen LogP contribution >= 0.6 is 11.3 Å². The number of nitrogens with one attached hydrogen (secondary N) is 1. The molecule has 1 aromatic carbocycles. The average Bonchev–Trinajstić information content (AvgIpc) is 3.04. The monoisotopic (exact) mass is 277 g/mol. The van der Waals surface area contributed by atoms with Gasteiger partial charge in [0.15, 0.2) is 11.5 Å². The molecule has 0 saturated carbocycles. The molecule has 19 heavy (non-hydrogen) atoms. The highest BCUT2D eigenvalue weighted by Gasteiger charge is 2.13. The number of carbonyl (C=O) groups is 1. The molecule has 2 heterocycles. The topological polar surface area (TPSA) is 67.8 Å². The van der Waals surface area contributed by atoms with Crippen LogP contribution in [-0.4, -0.2) is 17.9 Å². The van der Waals surface area contributed by atoms with E-state index in [2.05, 4.69) is 5.32 Å². The van der Waals surface area contributed by atoms with Crippen LogP contribution in [0.1, 0.15) is 15.2 Å². The van der Waals surface area contributed by atoms with Crippen LogP contribution < -0.4 is 14.8 Å². The second kappa shape index (κ2) is 4.81. The predicted octanol–water partition coefficient (Wildman–Crippen LogP) is 2.79. The molecule has 0 aliphatic carbocycles. The van der Waals surface area contributed by atoms with Crippen molar-refractivity contribution in [3.05, 3.63) is 40.1 Å². The van der Waals surface area contributed by atoms with Crippen LogP contribution in [0.25, 0.3) is 0 Å². The average molecular weight is 277 g/mol. The number of ether oxygens (including phenoxy) is 2. The van der Waals surface area contributed by atoms with Crippen molar-refractivity contribution in [3.63, 3.8) is 0 Å². The molecule has 1 aliphatic rings. The molecular weight excluding hydrogens is 266 g/mol. The van der Waals surface area contributed by atoms with Gasteiger partial charge in [0.1, 0.15) is 0 Å². The van der Waals surface area contributed by atoms with E-state index in [9.17, 15) is 4.79 Å². The van der Waals surface area contributed by atoms with Gasteiger partial charge in [-0.1, -0.05) is 0 Å². The molecule has 6 heteroatoms. The zero-order chi connectivity index (χ0) is 13.2. The Morgan fingerprint density at radius 3 is 2.95 bits per heavy atom. The zero-order valence-corrected chi connectivity index (χ0v) is 10.7. The van der Waals surface area contributed by atoms with Crippen LogP contribution in [0.4, 0.5) is 5.69 Å². The van der Waals surface area contributed by atoms with Crippen LogP contribution in [0.15, 0.2) is 29.6 Å². The first-order valence-electron chi connectivity index (χ1n) is 5.66. The van der Waals surface area contributed by atoms with Gasteiger partial charge in [0.25, 0.3) is 0 Å². The zero-order valence-electron chi connectivity index (χ0n) is 9.88. The molecule has 0 amide bonds. The third-order valence-corrected chi connectivity index (χ3v) is 3.68. The van der Waals surface area contributed by atoms with E-state index in [0.29, 0.717) is 12.1 Å². The molecule has 0 bridgehead atoms. The van der Waals surface area contributed by atoms with Gasteiger partial charge in [-0.2, -0.15) is 0 Å². The Kier molecular flexibility index (Phi) is 3.00. The summed E-state index contributed by atoms with van der Waals surface area (Å²) in [6.45, 7) is 0.837. The number of fused-ring (bicyclic) bond motifs is 1. The van der Waals surface area contributed by atoms with Crippen molar-refractivity contribution < 1.29 is 19.4 Å². The highest BCUT2D eigenvalue weighted by atomic mass is 32.1. The van der Waals surface area contributed by atoms with E-state index in [-0.39, 0.29) is 6.79 Å². The standard InChI is InChI=1S/C13H11NO4S/c15-13(16)8-3-10(19-6-8)5-14-9-1-2-11-12(4-9)18-7-17-11/h1-4,6,14H,5,7H2,(H,15,16). The van der Waals surface area contributed by atoms with Crippen LogP contribution in [0.5, 0.6) is 11.5 Å². The van der Waals surface area contributed by atoms with Gasteiger partial charge in [0.2, 0.25) is 6.79 Å². The van der Waals surface area contributed by atoms with Crippen LogP contribution in [0.2, 0.25) is 0 Å². The number of anilines is 1. The highest BCUT2D eigenvalue weighted by Crippen LogP contribution is 2.34. The van der Waals surface area contributed by atoms with E-state index < -0.39 is 5.97 Å². The van der Waals surface area contributed by atoms with E-state index in [1.807, 2.05) is 18.2 Å². The number of aromatic carboxylic acids is 1. The van der Waals surface area contributed by atoms with Gasteiger partial charge in [-0.05, 0) is 18.2 Å². The van der Waals surface area contributed by atoms with Gasteiger partial charge >= 0.3 is 5.97 Å². The van der Waals surface area contributed by atoms with Crippen molar-refractivity contribution in [1.82, 2.24) is 0 Å². The van der Waals surface area contributed by atoms with Gasteiger partial charge in [-0.25, -0.2) is 4.79 Å². The van der Waals surface area contributed by atoms with Crippen LogP contribution in [-0.2, 0) is 6.54 Å². The number of hydrogen-bond acceptors (Lipinski definition) is 5. The molecule has 1 aromatic heterocycles. The largest absolute Gasteiger partial charge is 0.478 e. The number of carboxylic acids is 1. The molecule has 0 spiro atoms. The molecular formula is C13H11NO4S. The Balaban J connectivity index is 1.67. The molecule has 0 atom stereocenters. The van der Waals surface area contributed by atoms with E-state index in [0.717, 1.165) is 22.1 Å². The van der Waals surface area contributed by atoms with E-state index >= 15 is 0 Å². The number of rotatable bonds is 4. The van der Waals surface area contributed by atoms with Crippen LogP contribution in [0, 0.1) is 0 Å². The summed E-state index contributed by atoms with van der Waals surface area (Å²) in [5, 5.41) is 13.7. The Bertz CT molecular complexity index is 623. The Morgan fingerprint density at radius 1 is 1.32 bits per heavy atom. The van der Waals surface area contributed by atoms with E-state index in [4.69, 9.17) is 14.6 Å². The fraction of sp³-hybridized carbons (Fsp3) is 0.154. The minimum Gasteiger partial charge on any atom is -0.478 e. The summed E-state index contributed by atoms with van der Waals surface area (Å²) in [6.07, 6.45) is 0. The van der Waals surface area contributed by atoms with Crippen molar-refractivity contribution in [2.75, 3.05) is 12.1 Å². The lowest BCUT2D eigenvalue weighted by molar-refractivity contribution is 0.0697. The molecule has 0 radical (unpaired) electrons. The fourth-order valence-electron chi connectivity index (χ4n) is 1.78.